The maximum Gasteiger partial charge on any atom is 0.210 e. The van der Waals surface area contributed by atoms with Crippen molar-refractivity contribution in [3.8, 4) is 5.75 Å². The number of likely N-dealkylation sites (tertiary alicyclic amines) is 1. The fourth-order valence-electron chi connectivity index (χ4n) is 10.5. The van der Waals surface area contributed by atoms with Gasteiger partial charge in [0.25, 0.3) is 0 Å². The summed E-state index contributed by atoms with van der Waals surface area (Å²) in [7, 11) is -1.70. The Balaban J connectivity index is 0.918. The van der Waals surface area contributed by atoms with Crippen LogP contribution in [0.1, 0.15) is 161 Å². The molecule has 1 aromatic heterocycles. The number of anilines is 1. The molecule has 3 aliphatic heterocycles. The number of aromatic nitrogens is 1. The molecule has 0 aliphatic carbocycles. The first-order chi connectivity index (χ1) is 31.2. The van der Waals surface area contributed by atoms with Gasteiger partial charge in [-0.1, -0.05) is 129 Å². The maximum absolute atomic E-state index is 14.5. The molecule has 0 N–H and O–H groups in total. The summed E-state index contributed by atoms with van der Waals surface area (Å²) in [6, 6.07) is 13.7. The number of pyridine rings is 1. The number of unbranched alkanes of at least 4 members (excludes halogenated alkanes) is 19. The molecule has 3 fully saturated rings. The number of benzene rings is 2. The SMILES string of the molecule is CCCCCCCCCCCCCCCCCCCCCCOc1ccc(S(=O)(=O)c2cnc3ccc([S+](C)[O-])cc3c2N2CCC(N3CCC(N4CCN(C)CC4)CC3)CC2)cc1. The summed E-state index contributed by atoms with van der Waals surface area (Å²) in [5, 5.41) is 0.745. The molecule has 64 heavy (non-hydrogen) atoms. The van der Waals surface area contributed by atoms with E-state index in [1.807, 2.05) is 18.2 Å². The topological polar surface area (TPSA) is 92.3 Å². The first-order valence-corrected chi connectivity index (χ1v) is 28.9. The van der Waals surface area contributed by atoms with Crippen LogP contribution in [0.15, 0.2) is 63.3 Å². The van der Waals surface area contributed by atoms with E-state index in [0.717, 1.165) is 70.3 Å². The van der Waals surface area contributed by atoms with Crippen molar-refractivity contribution in [2.75, 3.05) is 77.2 Å². The Bertz CT molecular complexity index is 1870. The van der Waals surface area contributed by atoms with Crippen molar-refractivity contribution in [1.29, 1.82) is 0 Å². The van der Waals surface area contributed by atoms with Crippen LogP contribution < -0.4 is 9.64 Å². The highest BCUT2D eigenvalue weighted by molar-refractivity contribution is 7.91. The van der Waals surface area contributed by atoms with E-state index in [-0.39, 0.29) is 9.79 Å². The van der Waals surface area contributed by atoms with Crippen LogP contribution in [0.2, 0.25) is 0 Å². The molecule has 1 unspecified atom stereocenters. The van der Waals surface area contributed by atoms with Crippen molar-refractivity contribution in [3.05, 3.63) is 48.7 Å². The molecule has 2 aromatic carbocycles. The highest BCUT2D eigenvalue weighted by Crippen LogP contribution is 2.39. The summed E-state index contributed by atoms with van der Waals surface area (Å²) in [6.45, 7) is 11.4. The second-order valence-corrected chi connectivity index (χ2v) is 22.8. The highest BCUT2D eigenvalue weighted by Gasteiger charge is 2.34. The van der Waals surface area contributed by atoms with Crippen LogP contribution in [0.25, 0.3) is 10.9 Å². The van der Waals surface area contributed by atoms with Gasteiger partial charge < -0.3 is 24.0 Å². The van der Waals surface area contributed by atoms with Crippen LogP contribution in [0.5, 0.6) is 5.75 Å². The van der Waals surface area contributed by atoms with Crippen molar-refractivity contribution < 1.29 is 17.7 Å². The van der Waals surface area contributed by atoms with E-state index in [9.17, 15) is 13.0 Å². The van der Waals surface area contributed by atoms with Crippen LogP contribution in [0, 0.1) is 0 Å². The van der Waals surface area contributed by atoms with Gasteiger partial charge >= 0.3 is 0 Å². The van der Waals surface area contributed by atoms with Crippen molar-refractivity contribution in [3.63, 3.8) is 0 Å². The number of sulfone groups is 1. The molecule has 358 valence electrons. The molecule has 1 atom stereocenters. The fraction of sp³-hybridized carbons (Fsp3) is 0.717. The van der Waals surface area contributed by atoms with Gasteiger partial charge in [0, 0.05) is 69.0 Å². The fourth-order valence-corrected chi connectivity index (χ4v) is 12.5. The Morgan fingerprint density at radius 3 is 1.64 bits per heavy atom. The third-order valence-electron chi connectivity index (χ3n) is 14.6. The van der Waals surface area contributed by atoms with E-state index >= 15 is 0 Å². The van der Waals surface area contributed by atoms with E-state index in [4.69, 9.17) is 4.74 Å². The lowest BCUT2D eigenvalue weighted by Gasteiger charge is -2.46. The van der Waals surface area contributed by atoms with Crippen molar-refractivity contribution in [2.24, 2.45) is 0 Å². The molecule has 0 amide bonds. The Hall–Kier alpha value is -2.41. The minimum absolute atomic E-state index is 0.212. The van der Waals surface area contributed by atoms with Crippen molar-refractivity contribution >= 4 is 37.6 Å². The summed E-state index contributed by atoms with van der Waals surface area (Å²) in [5.41, 5.74) is 1.40. The summed E-state index contributed by atoms with van der Waals surface area (Å²) in [4.78, 5) is 15.9. The minimum Gasteiger partial charge on any atom is -0.612 e. The zero-order valence-corrected chi connectivity index (χ0v) is 41.9. The summed E-state index contributed by atoms with van der Waals surface area (Å²) >= 11 is -1.21. The molecule has 0 saturated carbocycles. The lowest BCUT2D eigenvalue weighted by Crippen LogP contribution is -2.54. The average Bonchev–Trinajstić information content (AvgIpc) is 3.32. The van der Waals surface area contributed by atoms with Gasteiger partial charge in [0.2, 0.25) is 9.84 Å². The number of rotatable bonds is 28. The molecule has 3 saturated heterocycles. The molecular formula is C53H85N5O4S2. The molecule has 9 nitrogen and oxygen atoms in total. The number of piperidine rings is 2. The van der Waals surface area contributed by atoms with Crippen molar-refractivity contribution in [1.82, 2.24) is 19.7 Å². The molecule has 4 heterocycles. The lowest BCUT2D eigenvalue weighted by molar-refractivity contribution is 0.0495. The van der Waals surface area contributed by atoms with Gasteiger partial charge in [-0.3, -0.25) is 9.88 Å². The molecule has 11 heteroatoms. The first-order valence-electron chi connectivity index (χ1n) is 25.9. The molecule has 0 radical (unpaired) electrons. The Morgan fingerprint density at radius 2 is 1.12 bits per heavy atom. The third-order valence-corrected chi connectivity index (χ3v) is 17.3. The van der Waals surface area contributed by atoms with Crippen LogP contribution in [0.3, 0.4) is 0 Å². The van der Waals surface area contributed by atoms with E-state index in [1.54, 1.807) is 30.5 Å². The summed E-state index contributed by atoms with van der Waals surface area (Å²) in [5.74, 6) is 0.693. The predicted octanol–water partition coefficient (Wildman–Crippen LogP) is 11.7. The normalized spacial score (nSPS) is 18.3. The number of ether oxygens (including phenoxy) is 1. The molecular weight excluding hydrogens is 835 g/mol. The van der Waals surface area contributed by atoms with E-state index in [1.165, 1.54) is 148 Å². The van der Waals surface area contributed by atoms with Crippen LogP contribution in [-0.2, 0) is 21.0 Å². The third kappa shape index (κ3) is 15.6. The standard InChI is InChI=1S/C53H85N5O4S2/c1-4-5-6-7-8-9-10-11-12-13-14-15-16-17-18-19-20-21-22-23-42-62-47-24-27-49(28-25-47)64(60,61)52-44-54-51-29-26-48(63(3)59)43-50(51)53(52)58-36-32-45(33-37-58)56-34-30-46(31-35-56)57-40-38-55(2)39-41-57/h24-29,43-46H,4-23,30-42H2,1-3H3. The van der Waals surface area contributed by atoms with Gasteiger partial charge in [-0.05, 0) is 99.8 Å². The second kappa shape index (κ2) is 27.4. The van der Waals surface area contributed by atoms with Crippen LogP contribution in [0.4, 0.5) is 5.69 Å². The van der Waals surface area contributed by atoms with Gasteiger partial charge in [0.05, 0.1) is 22.7 Å². The number of likely N-dealkylation sites (N-methyl/N-ethyl adjacent to an activating group) is 1. The Kier molecular flexibility index (Phi) is 21.8. The summed E-state index contributed by atoms with van der Waals surface area (Å²) < 4.78 is 47.8. The predicted molar refractivity (Wildman–Crippen MR) is 268 cm³/mol. The highest BCUT2D eigenvalue weighted by atomic mass is 32.2. The molecule has 3 aromatic rings. The van der Waals surface area contributed by atoms with Gasteiger partial charge in [0.15, 0.2) is 4.90 Å². The van der Waals surface area contributed by atoms with Crippen molar-refractivity contribution in [2.45, 2.75) is 188 Å². The second-order valence-electron chi connectivity index (χ2n) is 19.5. The number of piperazine rings is 1. The number of nitrogens with zero attached hydrogens (tertiary/aromatic N) is 5. The number of hydrogen-bond donors (Lipinski definition) is 0. The quantitative estimate of drug-likeness (QED) is 0.0521. The minimum atomic E-state index is -3.92. The van der Waals surface area contributed by atoms with E-state index in [2.05, 4.69) is 38.6 Å². The van der Waals surface area contributed by atoms with Gasteiger partial charge in [-0.2, -0.15) is 0 Å². The Labute approximate surface area is 392 Å². The van der Waals surface area contributed by atoms with E-state index in [0.29, 0.717) is 40.5 Å². The monoisotopic (exact) mass is 920 g/mol. The van der Waals surface area contributed by atoms with E-state index < -0.39 is 21.0 Å². The molecule has 6 rings (SSSR count). The largest absolute Gasteiger partial charge is 0.612 e. The van der Waals surface area contributed by atoms with Gasteiger partial charge in [-0.25, -0.2) is 8.42 Å². The molecule has 0 spiro atoms. The smallest absolute Gasteiger partial charge is 0.210 e. The average molecular weight is 920 g/mol. The summed E-state index contributed by atoms with van der Waals surface area (Å²) in [6.07, 6.45) is 34.8. The maximum atomic E-state index is 14.5. The Morgan fingerprint density at radius 1 is 0.641 bits per heavy atom. The molecule has 3 aliphatic rings. The van der Waals surface area contributed by atoms with Crippen LogP contribution >= 0.6 is 0 Å². The first kappa shape index (κ1) is 51.0. The lowest BCUT2D eigenvalue weighted by atomic mass is 9.96. The van der Waals surface area contributed by atoms with Gasteiger partial charge in [0.1, 0.15) is 16.9 Å². The zero-order valence-electron chi connectivity index (χ0n) is 40.3. The number of fused-ring (bicyclic) bond motifs is 1. The van der Waals surface area contributed by atoms with Gasteiger partial charge in [-0.15, -0.1) is 0 Å². The zero-order chi connectivity index (χ0) is 45.0. The molecule has 0 bridgehead atoms. The van der Waals surface area contributed by atoms with Crippen LogP contribution in [-0.4, -0.2) is 117 Å². The number of hydrogen-bond acceptors (Lipinski definition) is 9.